The minimum Gasteiger partial charge on any atom is -0.413 e. The third-order valence-corrected chi connectivity index (χ3v) is 4.20. The first-order chi connectivity index (χ1) is 9.88. The minimum atomic E-state index is -0.419. The number of nitro groups is 1. The van der Waals surface area contributed by atoms with Gasteiger partial charge in [-0.05, 0) is 50.5 Å². The molecule has 0 aliphatic heterocycles. The van der Waals surface area contributed by atoms with Gasteiger partial charge in [-0.2, -0.15) is 0 Å². The van der Waals surface area contributed by atoms with Crippen LogP contribution < -0.4 is 4.18 Å². The van der Waals surface area contributed by atoms with Gasteiger partial charge in [0.2, 0.25) is 5.75 Å². The van der Waals surface area contributed by atoms with Crippen LogP contribution in [0.25, 0.3) is 0 Å². The molecule has 0 radical (unpaired) electrons. The number of benzene rings is 2. The van der Waals surface area contributed by atoms with E-state index in [0.29, 0.717) is 0 Å². The Balaban J connectivity index is 2.27. The average molecular weight is 303 g/mol. The molecule has 5 heteroatoms. The Morgan fingerprint density at radius 3 is 2.19 bits per heavy atom. The Labute approximate surface area is 128 Å². The fourth-order valence-electron chi connectivity index (χ4n) is 2.23. The third-order valence-electron chi connectivity index (χ3n) is 3.13. The van der Waals surface area contributed by atoms with Crippen molar-refractivity contribution in [1.82, 2.24) is 0 Å². The smallest absolute Gasteiger partial charge is 0.312 e. The highest BCUT2D eigenvalue weighted by Crippen LogP contribution is 2.35. The molecule has 0 aliphatic carbocycles. The van der Waals surface area contributed by atoms with Gasteiger partial charge in [0.1, 0.15) is 0 Å². The highest BCUT2D eigenvalue weighted by molar-refractivity contribution is 7.95. The summed E-state index contributed by atoms with van der Waals surface area (Å²) in [5.41, 5.74) is 4.22. The molecule has 0 aliphatic rings. The summed E-state index contributed by atoms with van der Waals surface area (Å²) in [7, 11) is 0. The van der Waals surface area contributed by atoms with Crippen LogP contribution in [0.1, 0.15) is 22.3 Å². The largest absolute Gasteiger partial charge is 0.413 e. The SMILES string of the molecule is Cc1cc(C)c(SOc2ccc(C)cc2[N+](=O)[O-])c(C)c1. The molecule has 110 valence electrons. The van der Waals surface area contributed by atoms with Crippen molar-refractivity contribution >= 4 is 17.7 Å². The van der Waals surface area contributed by atoms with E-state index in [1.807, 2.05) is 27.7 Å². The molecule has 0 amide bonds. The van der Waals surface area contributed by atoms with Gasteiger partial charge in [-0.25, -0.2) is 0 Å². The Morgan fingerprint density at radius 1 is 1.00 bits per heavy atom. The number of hydrogen-bond acceptors (Lipinski definition) is 4. The van der Waals surface area contributed by atoms with Crippen LogP contribution >= 0.6 is 12.0 Å². The summed E-state index contributed by atoms with van der Waals surface area (Å²) in [5, 5.41) is 11.1. The van der Waals surface area contributed by atoms with E-state index in [4.69, 9.17) is 4.18 Å². The van der Waals surface area contributed by atoms with Crippen LogP contribution in [0.15, 0.2) is 35.2 Å². The fraction of sp³-hybridized carbons (Fsp3) is 0.250. The second-order valence-corrected chi connectivity index (χ2v) is 5.86. The van der Waals surface area contributed by atoms with Crippen molar-refractivity contribution in [3.63, 3.8) is 0 Å². The van der Waals surface area contributed by atoms with Crippen LogP contribution in [0.5, 0.6) is 5.75 Å². The number of nitrogens with zero attached hydrogens (tertiary/aromatic N) is 1. The van der Waals surface area contributed by atoms with Gasteiger partial charge in [-0.15, -0.1) is 0 Å². The molecule has 0 unspecified atom stereocenters. The fourth-order valence-corrected chi connectivity index (χ4v) is 2.92. The monoisotopic (exact) mass is 303 g/mol. The van der Waals surface area contributed by atoms with Gasteiger partial charge in [0.05, 0.1) is 21.9 Å². The van der Waals surface area contributed by atoms with Gasteiger partial charge in [-0.1, -0.05) is 23.8 Å². The highest BCUT2D eigenvalue weighted by Gasteiger charge is 2.17. The number of nitro benzene ring substituents is 1. The third kappa shape index (κ3) is 3.55. The first-order valence-electron chi connectivity index (χ1n) is 6.56. The van der Waals surface area contributed by atoms with Crippen molar-refractivity contribution in [1.29, 1.82) is 0 Å². The van der Waals surface area contributed by atoms with Gasteiger partial charge in [0.15, 0.2) is 0 Å². The molecule has 0 spiro atoms. The van der Waals surface area contributed by atoms with Crippen LogP contribution in [0.4, 0.5) is 5.69 Å². The molecule has 0 aromatic heterocycles. The zero-order valence-corrected chi connectivity index (χ0v) is 13.3. The number of rotatable bonds is 4. The normalized spacial score (nSPS) is 10.5. The van der Waals surface area contributed by atoms with Crippen LogP contribution in [0.2, 0.25) is 0 Å². The first-order valence-corrected chi connectivity index (χ1v) is 7.30. The van der Waals surface area contributed by atoms with Crippen molar-refractivity contribution in [3.05, 3.63) is 62.7 Å². The van der Waals surface area contributed by atoms with Gasteiger partial charge in [0, 0.05) is 6.07 Å². The van der Waals surface area contributed by atoms with Gasteiger partial charge in [-0.3, -0.25) is 10.1 Å². The molecule has 0 N–H and O–H groups in total. The highest BCUT2D eigenvalue weighted by atomic mass is 32.2. The molecule has 0 bridgehead atoms. The van der Waals surface area contributed by atoms with Crippen LogP contribution in [0.3, 0.4) is 0 Å². The average Bonchev–Trinajstić information content (AvgIpc) is 2.38. The van der Waals surface area contributed by atoms with Crippen LogP contribution in [-0.4, -0.2) is 4.92 Å². The van der Waals surface area contributed by atoms with Gasteiger partial charge in [0.25, 0.3) is 0 Å². The van der Waals surface area contributed by atoms with E-state index >= 15 is 0 Å². The van der Waals surface area contributed by atoms with E-state index in [0.717, 1.165) is 21.6 Å². The quantitative estimate of drug-likeness (QED) is 0.457. The standard InChI is InChI=1S/C16H17NO3S/c1-10-5-6-15(14(9-10)17(18)19)20-21-16-12(3)7-11(2)8-13(16)4/h5-9H,1-4H3. The summed E-state index contributed by atoms with van der Waals surface area (Å²) in [6.45, 7) is 7.88. The Hall–Kier alpha value is -2.01. The lowest BCUT2D eigenvalue weighted by atomic mass is 10.1. The molecule has 0 saturated carbocycles. The zero-order chi connectivity index (χ0) is 15.6. The number of hydrogen-bond donors (Lipinski definition) is 0. The maximum atomic E-state index is 11.1. The van der Waals surface area contributed by atoms with Crippen molar-refractivity contribution < 1.29 is 9.11 Å². The van der Waals surface area contributed by atoms with Crippen LogP contribution in [-0.2, 0) is 0 Å². The lowest BCUT2D eigenvalue weighted by Crippen LogP contribution is -1.95. The Kier molecular flexibility index (Phi) is 4.53. The molecule has 2 aromatic rings. The second kappa shape index (κ2) is 6.18. The minimum absolute atomic E-state index is 0.00934. The lowest BCUT2D eigenvalue weighted by Gasteiger charge is -2.11. The topological polar surface area (TPSA) is 52.4 Å². The summed E-state index contributed by atoms with van der Waals surface area (Å²) < 4.78 is 5.62. The molecule has 0 saturated heterocycles. The van der Waals surface area contributed by atoms with E-state index < -0.39 is 4.92 Å². The van der Waals surface area contributed by atoms with Gasteiger partial charge >= 0.3 is 5.69 Å². The molecular formula is C16H17NO3S. The summed E-state index contributed by atoms with van der Waals surface area (Å²) in [4.78, 5) is 11.7. The van der Waals surface area contributed by atoms with E-state index in [9.17, 15) is 10.1 Å². The summed E-state index contributed by atoms with van der Waals surface area (Å²) in [5.74, 6) is 0.273. The molecule has 2 aromatic carbocycles. The predicted molar refractivity (Wildman–Crippen MR) is 85.0 cm³/mol. The van der Waals surface area contributed by atoms with E-state index in [1.54, 1.807) is 12.1 Å². The van der Waals surface area contributed by atoms with E-state index in [-0.39, 0.29) is 11.4 Å². The molecule has 2 rings (SSSR count). The summed E-state index contributed by atoms with van der Waals surface area (Å²) in [6, 6.07) is 9.10. The first kappa shape index (κ1) is 15.4. The van der Waals surface area contributed by atoms with Crippen molar-refractivity contribution in [2.24, 2.45) is 0 Å². The summed E-state index contributed by atoms with van der Waals surface area (Å²) in [6.07, 6.45) is 0. The molecule has 4 nitrogen and oxygen atoms in total. The van der Waals surface area contributed by atoms with Crippen molar-refractivity contribution in [2.45, 2.75) is 32.6 Å². The lowest BCUT2D eigenvalue weighted by molar-refractivity contribution is -0.385. The molecule has 0 fully saturated rings. The van der Waals surface area contributed by atoms with Crippen molar-refractivity contribution in [3.8, 4) is 5.75 Å². The Morgan fingerprint density at radius 2 is 1.62 bits per heavy atom. The van der Waals surface area contributed by atoms with Crippen LogP contribution in [0, 0.1) is 37.8 Å². The van der Waals surface area contributed by atoms with Gasteiger partial charge < -0.3 is 4.18 Å². The maximum Gasteiger partial charge on any atom is 0.312 e. The zero-order valence-electron chi connectivity index (χ0n) is 12.5. The predicted octanol–water partition coefficient (Wildman–Crippen LogP) is 4.91. The second-order valence-electron chi connectivity index (χ2n) is 5.12. The number of aryl methyl sites for hydroxylation is 4. The molecular weight excluding hydrogens is 286 g/mol. The Bertz CT molecular complexity index is 675. The summed E-state index contributed by atoms with van der Waals surface area (Å²) >= 11 is 1.17. The maximum absolute atomic E-state index is 11.1. The van der Waals surface area contributed by atoms with Crippen molar-refractivity contribution in [2.75, 3.05) is 0 Å². The molecule has 0 atom stereocenters. The van der Waals surface area contributed by atoms with E-state index in [1.165, 1.54) is 23.7 Å². The van der Waals surface area contributed by atoms with E-state index in [2.05, 4.69) is 12.1 Å². The molecule has 0 heterocycles. The molecule has 21 heavy (non-hydrogen) atoms.